The number of carbonyl (C=O) groups excluding carboxylic acids is 1. The highest BCUT2D eigenvalue weighted by Crippen LogP contribution is 2.30. The fourth-order valence-electron chi connectivity index (χ4n) is 3.49. The summed E-state index contributed by atoms with van der Waals surface area (Å²) in [6.07, 6.45) is -0.883. The molecule has 0 aliphatic rings. The predicted octanol–water partition coefficient (Wildman–Crippen LogP) is 4.69. The van der Waals surface area contributed by atoms with Crippen LogP contribution in [0.1, 0.15) is 46.6 Å². The summed E-state index contributed by atoms with van der Waals surface area (Å²) in [6, 6.07) is 11.7. The van der Waals surface area contributed by atoms with Crippen molar-refractivity contribution in [3.8, 4) is 11.5 Å². The Hall–Kier alpha value is -3.70. The maximum absolute atomic E-state index is 12.9. The molecule has 0 unspecified atom stereocenters. The van der Waals surface area contributed by atoms with Gasteiger partial charge in [0.15, 0.2) is 23.4 Å². The number of fused-ring (bicyclic) bond motifs is 1. The summed E-state index contributed by atoms with van der Waals surface area (Å²) in [6.45, 7) is 7.44. The largest absolute Gasteiger partial charge is 0.490 e. The molecule has 0 radical (unpaired) electrons. The number of nitrogens with one attached hydrogen (secondary N) is 1. The molecule has 9 nitrogen and oxygen atoms in total. The zero-order valence-electron chi connectivity index (χ0n) is 20.0. The first kappa shape index (κ1) is 25.4. The molecule has 1 N–H and O–H groups in total. The van der Waals surface area contributed by atoms with Gasteiger partial charge in [-0.25, -0.2) is 9.78 Å². The number of aryl methyl sites for hydroxylation is 2. The van der Waals surface area contributed by atoms with Crippen molar-refractivity contribution in [1.29, 1.82) is 0 Å². The zero-order valence-corrected chi connectivity index (χ0v) is 21.7. The number of H-pyrrole nitrogens is 1. The molecule has 188 valence electrons. The number of thiophene rings is 1. The highest BCUT2D eigenvalue weighted by Gasteiger charge is 2.23. The molecule has 4 rings (SSSR count). The van der Waals surface area contributed by atoms with Crippen molar-refractivity contribution in [3.05, 3.63) is 80.7 Å². The minimum Gasteiger partial charge on any atom is -0.490 e. The van der Waals surface area contributed by atoms with Crippen LogP contribution < -0.4 is 14.5 Å². The van der Waals surface area contributed by atoms with Gasteiger partial charge in [-0.3, -0.25) is 4.79 Å². The molecule has 2 aromatic heterocycles. The highest BCUT2D eigenvalue weighted by molar-refractivity contribution is 7.87. The van der Waals surface area contributed by atoms with Gasteiger partial charge in [-0.1, -0.05) is 18.2 Å². The summed E-state index contributed by atoms with van der Waals surface area (Å²) in [4.78, 5) is 33.8. The Labute approximate surface area is 211 Å². The number of aromatic amines is 1. The van der Waals surface area contributed by atoms with Gasteiger partial charge in [0.1, 0.15) is 9.73 Å². The average molecular weight is 529 g/mol. The van der Waals surface area contributed by atoms with E-state index in [1.807, 2.05) is 13.8 Å². The standard InChI is InChI=1S/C25H24N2O7S2/c1-5-32-19-11-6-7-12-20(19)34-36(30,31)18-10-8-9-17(13-18)25(29)33-15(3)22-26-23(28)21-14(2)16(4)35-24(21)27-22/h6-13,15H,5H2,1-4H3,(H,26,27,28)/t15-/m1/s1. The summed E-state index contributed by atoms with van der Waals surface area (Å²) >= 11 is 1.39. The fraction of sp³-hybridized carbons (Fsp3) is 0.240. The Morgan fingerprint density at radius 3 is 2.56 bits per heavy atom. The van der Waals surface area contributed by atoms with Crippen LogP contribution in [-0.2, 0) is 14.9 Å². The summed E-state index contributed by atoms with van der Waals surface area (Å²) < 4.78 is 41.9. The molecule has 0 aliphatic heterocycles. The Bertz CT molecular complexity index is 1610. The second-order valence-electron chi connectivity index (χ2n) is 7.91. The molecule has 36 heavy (non-hydrogen) atoms. The second-order valence-corrected chi connectivity index (χ2v) is 10.7. The molecule has 2 aromatic carbocycles. The van der Waals surface area contributed by atoms with Gasteiger partial charge in [0.05, 0.1) is 17.6 Å². The molecule has 0 saturated carbocycles. The Balaban J connectivity index is 1.55. The molecule has 0 amide bonds. The molecule has 0 aliphatic carbocycles. The SMILES string of the molecule is CCOc1ccccc1OS(=O)(=O)c1cccc(C(=O)O[C@H](C)c2nc3sc(C)c(C)c3c(=O)[nH]2)c1. The van der Waals surface area contributed by atoms with Crippen LogP contribution in [0.15, 0.2) is 58.2 Å². The molecule has 2 heterocycles. The van der Waals surface area contributed by atoms with Crippen LogP contribution >= 0.6 is 11.3 Å². The molecule has 0 spiro atoms. The van der Waals surface area contributed by atoms with Crippen LogP contribution in [0, 0.1) is 13.8 Å². The number of aromatic nitrogens is 2. The van der Waals surface area contributed by atoms with E-state index in [9.17, 15) is 18.0 Å². The quantitative estimate of drug-likeness (QED) is 0.258. The van der Waals surface area contributed by atoms with Gasteiger partial charge in [0.2, 0.25) is 0 Å². The van der Waals surface area contributed by atoms with E-state index < -0.39 is 22.2 Å². The lowest BCUT2D eigenvalue weighted by Gasteiger charge is -2.14. The molecular formula is C25H24N2O7S2. The average Bonchev–Trinajstić information content (AvgIpc) is 3.14. The Kier molecular flexibility index (Phi) is 7.14. The zero-order chi connectivity index (χ0) is 26.0. The first-order chi connectivity index (χ1) is 17.1. The third-order valence-electron chi connectivity index (χ3n) is 5.43. The van der Waals surface area contributed by atoms with Crippen molar-refractivity contribution in [2.75, 3.05) is 6.61 Å². The molecular weight excluding hydrogens is 504 g/mol. The highest BCUT2D eigenvalue weighted by atomic mass is 32.2. The maximum atomic E-state index is 12.9. The number of para-hydroxylation sites is 2. The fourth-order valence-corrected chi connectivity index (χ4v) is 5.51. The van der Waals surface area contributed by atoms with Crippen LogP contribution in [0.5, 0.6) is 11.5 Å². The topological polar surface area (TPSA) is 125 Å². The van der Waals surface area contributed by atoms with Gasteiger partial charge in [-0.05, 0) is 63.6 Å². The number of hydrogen-bond donors (Lipinski definition) is 1. The van der Waals surface area contributed by atoms with Crippen molar-refractivity contribution in [2.24, 2.45) is 0 Å². The van der Waals surface area contributed by atoms with E-state index in [-0.39, 0.29) is 33.3 Å². The predicted molar refractivity (Wildman–Crippen MR) is 135 cm³/mol. The lowest BCUT2D eigenvalue weighted by Crippen LogP contribution is -2.17. The van der Waals surface area contributed by atoms with Crippen molar-refractivity contribution in [2.45, 2.75) is 38.7 Å². The molecule has 11 heteroatoms. The number of nitrogens with zero attached hydrogens (tertiary/aromatic N) is 1. The van der Waals surface area contributed by atoms with Crippen molar-refractivity contribution >= 4 is 37.6 Å². The van der Waals surface area contributed by atoms with E-state index in [0.29, 0.717) is 16.8 Å². The number of rotatable bonds is 8. The molecule has 0 bridgehead atoms. The van der Waals surface area contributed by atoms with Gasteiger partial charge in [-0.2, -0.15) is 8.42 Å². The van der Waals surface area contributed by atoms with Crippen LogP contribution in [0.3, 0.4) is 0 Å². The van der Waals surface area contributed by atoms with E-state index in [2.05, 4.69) is 9.97 Å². The van der Waals surface area contributed by atoms with E-state index in [4.69, 9.17) is 13.7 Å². The number of ether oxygens (including phenoxy) is 2. The van der Waals surface area contributed by atoms with Gasteiger partial charge in [-0.15, -0.1) is 11.3 Å². The van der Waals surface area contributed by atoms with E-state index in [0.717, 1.165) is 10.4 Å². The summed E-state index contributed by atoms with van der Waals surface area (Å²) in [7, 11) is -4.27. The van der Waals surface area contributed by atoms with E-state index in [1.54, 1.807) is 32.0 Å². The molecule has 0 fully saturated rings. The third-order valence-corrected chi connectivity index (χ3v) is 7.76. The summed E-state index contributed by atoms with van der Waals surface area (Å²) in [5.74, 6) is -0.273. The monoisotopic (exact) mass is 528 g/mol. The summed E-state index contributed by atoms with van der Waals surface area (Å²) in [5.41, 5.74) is 0.553. The van der Waals surface area contributed by atoms with Crippen LogP contribution in [0.2, 0.25) is 0 Å². The van der Waals surface area contributed by atoms with E-state index >= 15 is 0 Å². The first-order valence-electron chi connectivity index (χ1n) is 11.1. The minimum absolute atomic E-state index is 0.00384. The molecule has 4 aromatic rings. The van der Waals surface area contributed by atoms with Crippen molar-refractivity contribution < 1.29 is 26.9 Å². The van der Waals surface area contributed by atoms with Gasteiger partial charge >= 0.3 is 16.1 Å². The number of benzene rings is 2. The first-order valence-corrected chi connectivity index (χ1v) is 13.3. The lowest BCUT2D eigenvalue weighted by molar-refractivity contribution is 0.0319. The van der Waals surface area contributed by atoms with E-state index in [1.165, 1.54) is 41.7 Å². The smallest absolute Gasteiger partial charge is 0.339 e. The Morgan fingerprint density at radius 1 is 1.11 bits per heavy atom. The van der Waals surface area contributed by atoms with Crippen LogP contribution in [0.25, 0.3) is 10.2 Å². The number of carbonyl (C=O) groups is 1. The van der Waals surface area contributed by atoms with Crippen molar-refractivity contribution in [1.82, 2.24) is 9.97 Å². The molecule has 1 atom stereocenters. The van der Waals surface area contributed by atoms with Crippen LogP contribution in [0.4, 0.5) is 0 Å². The minimum atomic E-state index is -4.27. The van der Waals surface area contributed by atoms with Gasteiger partial charge in [0, 0.05) is 4.88 Å². The second kappa shape index (κ2) is 10.1. The molecule has 0 saturated heterocycles. The van der Waals surface area contributed by atoms with Gasteiger partial charge in [0.25, 0.3) is 5.56 Å². The third kappa shape index (κ3) is 5.12. The maximum Gasteiger partial charge on any atom is 0.339 e. The normalized spacial score (nSPS) is 12.3. The number of hydrogen-bond acceptors (Lipinski definition) is 9. The Morgan fingerprint density at radius 2 is 1.83 bits per heavy atom. The van der Waals surface area contributed by atoms with Crippen LogP contribution in [-0.4, -0.2) is 31.0 Å². The lowest BCUT2D eigenvalue weighted by atomic mass is 10.2. The van der Waals surface area contributed by atoms with Gasteiger partial charge < -0.3 is 18.6 Å². The van der Waals surface area contributed by atoms with Crippen molar-refractivity contribution in [3.63, 3.8) is 0 Å². The number of esters is 1. The summed E-state index contributed by atoms with van der Waals surface area (Å²) in [5, 5.41) is 0.517.